The number of nitrogens with one attached hydrogen (secondary N) is 1. The number of methoxy groups -OCH3 is 1. The molecule has 3 rings (SSSR count). The van der Waals surface area contributed by atoms with Crippen LogP contribution < -0.4 is 10.2 Å². The number of carbonyl (C=O) groups excluding carboxylic acids is 3. The number of ether oxygens (including phenoxy) is 3. The SMILES string of the molecule is CCCOCCOC(=O)C1=C(C)NC2=C(C(=O)[C@H](C(=O)OC)[C@H](C)C2)[C@@H]1c1ccc(N(C)C)cc1. The molecule has 0 amide bonds. The van der Waals surface area contributed by atoms with Crippen molar-refractivity contribution in [3.05, 3.63) is 52.4 Å². The van der Waals surface area contributed by atoms with Crippen molar-refractivity contribution in [1.82, 2.24) is 5.32 Å². The highest BCUT2D eigenvalue weighted by Crippen LogP contribution is 2.45. The first-order valence-electron chi connectivity index (χ1n) is 12.1. The van der Waals surface area contributed by atoms with Crippen molar-refractivity contribution in [3.8, 4) is 0 Å². The maximum atomic E-state index is 13.7. The first-order valence-corrected chi connectivity index (χ1v) is 12.1. The second-order valence-electron chi connectivity index (χ2n) is 9.27. The van der Waals surface area contributed by atoms with E-state index in [9.17, 15) is 14.4 Å². The number of benzene rings is 1. The molecule has 0 unspecified atom stereocenters. The number of anilines is 1. The van der Waals surface area contributed by atoms with E-state index < -0.39 is 23.8 Å². The molecule has 1 aliphatic carbocycles. The van der Waals surface area contributed by atoms with Crippen LogP contribution in [0.4, 0.5) is 5.69 Å². The summed E-state index contributed by atoms with van der Waals surface area (Å²) >= 11 is 0. The highest BCUT2D eigenvalue weighted by molar-refractivity contribution is 6.12. The van der Waals surface area contributed by atoms with Crippen LogP contribution in [-0.4, -0.2) is 58.7 Å². The van der Waals surface area contributed by atoms with Crippen LogP contribution in [0, 0.1) is 11.8 Å². The van der Waals surface area contributed by atoms with Gasteiger partial charge in [0.2, 0.25) is 0 Å². The summed E-state index contributed by atoms with van der Waals surface area (Å²) < 4.78 is 15.9. The number of rotatable bonds is 9. The van der Waals surface area contributed by atoms with Gasteiger partial charge in [-0.1, -0.05) is 26.0 Å². The lowest BCUT2D eigenvalue weighted by atomic mass is 9.69. The molecular formula is C27H36N2O6. The summed E-state index contributed by atoms with van der Waals surface area (Å²) in [6, 6.07) is 7.73. The molecule has 1 aromatic carbocycles. The van der Waals surface area contributed by atoms with E-state index >= 15 is 0 Å². The third-order valence-corrected chi connectivity index (χ3v) is 6.52. The molecule has 0 spiro atoms. The quantitative estimate of drug-likeness (QED) is 0.324. The number of dihydropyridines is 1. The van der Waals surface area contributed by atoms with Crippen molar-refractivity contribution >= 4 is 23.4 Å². The zero-order valence-corrected chi connectivity index (χ0v) is 21.5. The van der Waals surface area contributed by atoms with Crippen molar-refractivity contribution in [2.24, 2.45) is 11.8 Å². The number of hydrogen-bond acceptors (Lipinski definition) is 8. The minimum atomic E-state index is -0.915. The van der Waals surface area contributed by atoms with Gasteiger partial charge in [0.1, 0.15) is 12.5 Å². The Bertz CT molecular complexity index is 1020. The number of allylic oxidation sites excluding steroid dienone is 3. The fourth-order valence-electron chi connectivity index (χ4n) is 4.77. The average molecular weight is 485 g/mol. The van der Waals surface area contributed by atoms with Crippen molar-refractivity contribution in [2.45, 2.75) is 39.5 Å². The largest absolute Gasteiger partial charge is 0.468 e. The third kappa shape index (κ3) is 5.59. The first kappa shape index (κ1) is 26.5. The average Bonchev–Trinajstić information content (AvgIpc) is 2.82. The van der Waals surface area contributed by atoms with Crippen LogP contribution in [0.5, 0.6) is 0 Å². The number of nitrogens with zero attached hydrogens (tertiary/aromatic N) is 1. The Balaban J connectivity index is 2.03. The number of ketones is 1. The van der Waals surface area contributed by atoms with Crippen molar-refractivity contribution in [2.75, 3.05) is 45.9 Å². The molecule has 1 N–H and O–H groups in total. The van der Waals surface area contributed by atoms with Crippen LogP contribution in [0.3, 0.4) is 0 Å². The molecule has 3 atom stereocenters. The zero-order chi connectivity index (χ0) is 25.7. The number of carbonyl (C=O) groups is 3. The molecule has 0 fully saturated rings. The van der Waals surface area contributed by atoms with Gasteiger partial charge in [0.25, 0.3) is 0 Å². The summed E-state index contributed by atoms with van der Waals surface area (Å²) in [5.41, 5.74) is 3.95. The summed E-state index contributed by atoms with van der Waals surface area (Å²) in [4.78, 5) is 41.5. The van der Waals surface area contributed by atoms with Gasteiger partial charge in [-0.2, -0.15) is 0 Å². The topological polar surface area (TPSA) is 94.2 Å². The zero-order valence-electron chi connectivity index (χ0n) is 21.5. The molecule has 0 saturated heterocycles. The van der Waals surface area contributed by atoms with Gasteiger partial charge in [-0.15, -0.1) is 0 Å². The van der Waals surface area contributed by atoms with Gasteiger partial charge in [0.05, 0.1) is 19.3 Å². The first-order chi connectivity index (χ1) is 16.7. The Kier molecular flexibility index (Phi) is 8.72. The summed E-state index contributed by atoms with van der Waals surface area (Å²) in [6.45, 7) is 6.70. The van der Waals surface area contributed by atoms with Gasteiger partial charge >= 0.3 is 11.9 Å². The summed E-state index contributed by atoms with van der Waals surface area (Å²) in [5, 5.41) is 3.27. The van der Waals surface area contributed by atoms with E-state index in [-0.39, 0.29) is 18.3 Å². The highest BCUT2D eigenvalue weighted by atomic mass is 16.6. The van der Waals surface area contributed by atoms with E-state index in [0.29, 0.717) is 36.5 Å². The van der Waals surface area contributed by atoms with Gasteiger partial charge in [-0.25, -0.2) is 4.79 Å². The molecule has 8 heteroatoms. The van der Waals surface area contributed by atoms with Crippen LogP contribution in [0.2, 0.25) is 0 Å². The van der Waals surface area contributed by atoms with Crippen LogP contribution in [0.15, 0.2) is 46.8 Å². The maximum Gasteiger partial charge on any atom is 0.336 e. The Morgan fingerprint density at radius 2 is 1.80 bits per heavy atom. The fourth-order valence-corrected chi connectivity index (χ4v) is 4.77. The maximum absolute atomic E-state index is 13.7. The molecule has 0 bridgehead atoms. The molecule has 8 nitrogen and oxygen atoms in total. The molecule has 190 valence electrons. The molecule has 35 heavy (non-hydrogen) atoms. The lowest BCUT2D eigenvalue weighted by molar-refractivity contribution is -0.151. The Morgan fingerprint density at radius 3 is 2.40 bits per heavy atom. The Morgan fingerprint density at radius 1 is 1.11 bits per heavy atom. The monoisotopic (exact) mass is 484 g/mol. The van der Waals surface area contributed by atoms with Crippen LogP contribution >= 0.6 is 0 Å². The number of Topliss-reactive ketones (excluding diaryl/α,β-unsaturated/α-hetero) is 1. The highest BCUT2D eigenvalue weighted by Gasteiger charge is 2.47. The normalized spacial score (nSPS) is 21.9. The van der Waals surface area contributed by atoms with Gasteiger partial charge in [-0.3, -0.25) is 9.59 Å². The minimum absolute atomic E-state index is 0.115. The molecule has 1 heterocycles. The van der Waals surface area contributed by atoms with Gasteiger partial charge < -0.3 is 24.4 Å². The fraction of sp³-hybridized carbons (Fsp3) is 0.519. The number of hydrogen-bond donors (Lipinski definition) is 1. The third-order valence-electron chi connectivity index (χ3n) is 6.52. The van der Waals surface area contributed by atoms with E-state index in [0.717, 1.165) is 23.4 Å². The second-order valence-corrected chi connectivity index (χ2v) is 9.27. The Labute approximate surface area is 207 Å². The smallest absolute Gasteiger partial charge is 0.336 e. The lowest BCUT2D eigenvalue weighted by Crippen LogP contribution is -2.43. The van der Waals surface area contributed by atoms with E-state index in [2.05, 4.69) is 5.32 Å². The van der Waals surface area contributed by atoms with Gasteiger partial charge in [-0.05, 0) is 43.4 Å². The molecule has 1 aliphatic heterocycles. The molecule has 0 radical (unpaired) electrons. The Hall–Kier alpha value is -3.13. The molecule has 0 saturated carbocycles. The van der Waals surface area contributed by atoms with Crippen molar-refractivity contribution < 1.29 is 28.6 Å². The van der Waals surface area contributed by atoms with Gasteiger partial charge in [0.15, 0.2) is 5.78 Å². The predicted octanol–water partition coefficient (Wildman–Crippen LogP) is 3.34. The standard InChI is InChI=1S/C27H36N2O6/c1-7-12-34-13-14-35-27(32)22-17(3)28-20-15-16(2)21(26(31)33-6)25(30)24(20)23(22)18-8-10-19(11-9-18)29(4)5/h8-11,16,21,23,28H,7,12-15H2,1-6H3/t16-,21-,23-/m1/s1. The predicted molar refractivity (Wildman–Crippen MR) is 133 cm³/mol. The molecular weight excluding hydrogens is 448 g/mol. The van der Waals surface area contributed by atoms with E-state index in [1.807, 2.05) is 64.0 Å². The lowest BCUT2D eigenvalue weighted by Gasteiger charge is -2.38. The second kappa shape index (κ2) is 11.5. The molecule has 1 aromatic rings. The summed E-state index contributed by atoms with van der Waals surface area (Å²) in [7, 11) is 5.18. The summed E-state index contributed by atoms with van der Waals surface area (Å²) in [6.07, 6.45) is 1.38. The number of esters is 2. The van der Waals surface area contributed by atoms with E-state index in [4.69, 9.17) is 14.2 Å². The van der Waals surface area contributed by atoms with Gasteiger partial charge in [0, 0.05) is 49.3 Å². The molecule has 2 aliphatic rings. The van der Waals surface area contributed by atoms with E-state index in [1.165, 1.54) is 7.11 Å². The van der Waals surface area contributed by atoms with Crippen LogP contribution in [0.1, 0.15) is 45.1 Å². The summed E-state index contributed by atoms with van der Waals surface area (Å²) in [5.74, 6) is -3.18. The van der Waals surface area contributed by atoms with Crippen LogP contribution in [0.25, 0.3) is 0 Å². The van der Waals surface area contributed by atoms with Crippen molar-refractivity contribution in [3.63, 3.8) is 0 Å². The molecule has 0 aromatic heterocycles. The minimum Gasteiger partial charge on any atom is -0.468 e. The van der Waals surface area contributed by atoms with Crippen LogP contribution in [-0.2, 0) is 28.6 Å². The van der Waals surface area contributed by atoms with Crippen molar-refractivity contribution in [1.29, 1.82) is 0 Å². The van der Waals surface area contributed by atoms with E-state index in [1.54, 1.807) is 0 Å².